The first-order valence-electron chi connectivity index (χ1n) is 15.5. The number of fused-ring (bicyclic) bond motifs is 3. The summed E-state index contributed by atoms with van der Waals surface area (Å²) in [7, 11) is 1.61. The molecule has 2 amide bonds. The maximum absolute atomic E-state index is 13.8. The quantitative estimate of drug-likeness (QED) is 0.105. The van der Waals surface area contributed by atoms with Gasteiger partial charge in [-0.1, -0.05) is 37.2 Å². The van der Waals surface area contributed by atoms with Crippen molar-refractivity contribution in [3.05, 3.63) is 70.5 Å². The van der Waals surface area contributed by atoms with Gasteiger partial charge in [-0.2, -0.15) is 0 Å². The third-order valence-corrected chi connectivity index (χ3v) is 9.25. The van der Waals surface area contributed by atoms with E-state index in [9.17, 15) is 14.4 Å². The van der Waals surface area contributed by atoms with Crippen molar-refractivity contribution in [3.8, 4) is 28.7 Å². The van der Waals surface area contributed by atoms with Crippen molar-refractivity contribution in [3.63, 3.8) is 0 Å². The van der Waals surface area contributed by atoms with Crippen molar-refractivity contribution in [2.24, 2.45) is 0 Å². The molecule has 2 N–H and O–H groups in total. The molecular formula is C34H36N4O8S. The molecule has 1 atom stereocenters. The van der Waals surface area contributed by atoms with Crippen molar-refractivity contribution >= 4 is 40.2 Å². The fraction of sp³-hybridized carbons (Fsp3) is 0.353. The second kappa shape index (κ2) is 14.7. The summed E-state index contributed by atoms with van der Waals surface area (Å²) in [6.45, 7) is 2.96. The van der Waals surface area contributed by atoms with Crippen LogP contribution < -0.4 is 39.9 Å². The SMILES string of the molecule is CC[C@@H](Sc1nc2cc3c(cc2c(=O)n1CCCCCC(=O)NCc1ccc(OC)cc1)OCO3)C(=O)Nc1ccc2c(c1)OCO2. The predicted octanol–water partition coefficient (Wildman–Crippen LogP) is 5.25. The number of ether oxygens (including phenoxy) is 5. The molecular weight excluding hydrogens is 624 g/mol. The number of carbonyl (C=O) groups is 2. The molecule has 4 aromatic rings. The molecule has 0 bridgehead atoms. The maximum Gasteiger partial charge on any atom is 0.262 e. The summed E-state index contributed by atoms with van der Waals surface area (Å²) in [5.74, 6) is 2.74. The second-order valence-corrected chi connectivity index (χ2v) is 12.3. The molecule has 246 valence electrons. The van der Waals surface area contributed by atoms with Crippen LogP contribution in [0.25, 0.3) is 10.9 Å². The third kappa shape index (κ3) is 7.57. The van der Waals surface area contributed by atoms with Gasteiger partial charge < -0.3 is 34.3 Å². The van der Waals surface area contributed by atoms with Crippen molar-refractivity contribution in [1.29, 1.82) is 0 Å². The molecule has 47 heavy (non-hydrogen) atoms. The topological polar surface area (TPSA) is 139 Å². The van der Waals surface area contributed by atoms with Gasteiger partial charge in [0.25, 0.3) is 5.56 Å². The molecule has 13 heteroatoms. The zero-order valence-corrected chi connectivity index (χ0v) is 27.0. The highest BCUT2D eigenvalue weighted by atomic mass is 32.2. The van der Waals surface area contributed by atoms with Crippen LogP contribution in [0.15, 0.2) is 64.5 Å². The normalized spacial score (nSPS) is 13.4. The first-order chi connectivity index (χ1) is 22.9. The Balaban J connectivity index is 1.11. The van der Waals surface area contributed by atoms with Crippen LogP contribution in [0, 0.1) is 0 Å². The number of thioether (sulfide) groups is 1. The molecule has 0 unspecified atom stereocenters. The Morgan fingerprint density at radius 1 is 0.936 bits per heavy atom. The predicted molar refractivity (Wildman–Crippen MR) is 177 cm³/mol. The number of nitrogens with one attached hydrogen (secondary N) is 2. The molecule has 2 aliphatic rings. The first-order valence-corrected chi connectivity index (χ1v) is 16.4. The molecule has 0 spiro atoms. The fourth-order valence-corrected chi connectivity index (χ4v) is 6.33. The highest BCUT2D eigenvalue weighted by Crippen LogP contribution is 2.37. The summed E-state index contributed by atoms with van der Waals surface area (Å²) < 4.78 is 28.6. The van der Waals surface area contributed by atoms with E-state index in [1.165, 1.54) is 11.8 Å². The summed E-state index contributed by atoms with van der Waals surface area (Å²) in [5, 5.41) is 6.22. The van der Waals surface area contributed by atoms with Crippen LogP contribution in [0.5, 0.6) is 28.7 Å². The van der Waals surface area contributed by atoms with E-state index in [1.807, 2.05) is 31.2 Å². The number of amides is 2. The Morgan fingerprint density at radius 3 is 2.40 bits per heavy atom. The van der Waals surface area contributed by atoms with Crippen molar-refractivity contribution in [2.45, 2.75) is 62.5 Å². The van der Waals surface area contributed by atoms with Gasteiger partial charge in [0.1, 0.15) is 5.75 Å². The Kier molecular flexibility index (Phi) is 10.0. The van der Waals surface area contributed by atoms with E-state index in [0.29, 0.717) is 83.5 Å². The lowest BCUT2D eigenvalue weighted by Crippen LogP contribution is -2.28. The van der Waals surface area contributed by atoms with Crippen LogP contribution in [-0.4, -0.2) is 47.3 Å². The van der Waals surface area contributed by atoms with Gasteiger partial charge in [-0.05, 0) is 55.2 Å². The monoisotopic (exact) mass is 660 g/mol. The lowest BCUT2D eigenvalue weighted by molar-refractivity contribution is -0.121. The lowest BCUT2D eigenvalue weighted by Gasteiger charge is -2.18. The average molecular weight is 661 g/mol. The minimum absolute atomic E-state index is 0.0306. The van der Waals surface area contributed by atoms with Crippen molar-refractivity contribution < 1.29 is 33.3 Å². The summed E-state index contributed by atoms with van der Waals surface area (Å²) in [6.07, 6.45) is 2.93. The number of nitrogens with zero attached hydrogens (tertiary/aromatic N) is 2. The zero-order valence-electron chi connectivity index (χ0n) is 26.2. The van der Waals surface area contributed by atoms with E-state index < -0.39 is 5.25 Å². The van der Waals surface area contributed by atoms with Gasteiger partial charge in [0, 0.05) is 37.3 Å². The first kappa shape index (κ1) is 32.0. The molecule has 3 heterocycles. The van der Waals surface area contributed by atoms with E-state index in [4.69, 9.17) is 28.7 Å². The number of rotatable bonds is 14. The smallest absolute Gasteiger partial charge is 0.262 e. The number of hydrogen-bond acceptors (Lipinski definition) is 10. The molecule has 12 nitrogen and oxygen atoms in total. The van der Waals surface area contributed by atoms with Gasteiger partial charge in [-0.3, -0.25) is 19.0 Å². The van der Waals surface area contributed by atoms with E-state index in [0.717, 1.165) is 17.7 Å². The number of unbranched alkanes of at least 4 members (excludes halogenated alkanes) is 2. The standard InChI is InChI=1S/C34H36N4O8S/c1-3-30(32(40)36-22-10-13-26-27(15-22)44-19-43-26)47-34-37-25-17-29-28(45-20-46-29)16-24(25)33(41)38(34)14-6-4-5-7-31(39)35-18-21-8-11-23(42-2)12-9-21/h8-13,15-17,30H,3-7,14,18-20H2,1-2H3,(H,35,39)(H,36,40)/t30-/m1/s1. The molecule has 0 saturated carbocycles. The van der Waals surface area contributed by atoms with Crippen molar-refractivity contribution in [1.82, 2.24) is 14.9 Å². The molecule has 0 radical (unpaired) electrons. The number of carbonyl (C=O) groups excluding carboxylic acids is 2. The Bertz CT molecular complexity index is 1830. The van der Waals surface area contributed by atoms with Crippen LogP contribution in [0.1, 0.15) is 44.6 Å². The second-order valence-electron chi connectivity index (χ2n) is 11.1. The number of methoxy groups -OCH3 is 1. The molecule has 3 aromatic carbocycles. The van der Waals surface area contributed by atoms with E-state index in [-0.39, 0.29) is 31.0 Å². The Labute approximate surface area is 275 Å². The van der Waals surface area contributed by atoms with Gasteiger partial charge >= 0.3 is 0 Å². The summed E-state index contributed by atoms with van der Waals surface area (Å²) in [4.78, 5) is 44.5. The van der Waals surface area contributed by atoms with Gasteiger partial charge in [-0.15, -0.1) is 0 Å². The molecule has 0 fully saturated rings. The highest BCUT2D eigenvalue weighted by molar-refractivity contribution is 8.00. The largest absolute Gasteiger partial charge is 0.497 e. The zero-order chi connectivity index (χ0) is 32.8. The number of benzene rings is 3. The van der Waals surface area contributed by atoms with Crippen LogP contribution in [0.2, 0.25) is 0 Å². The van der Waals surface area contributed by atoms with Gasteiger partial charge in [0.2, 0.25) is 25.4 Å². The maximum atomic E-state index is 13.8. The van der Waals surface area contributed by atoms with Crippen molar-refractivity contribution in [2.75, 3.05) is 26.0 Å². The number of aromatic nitrogens is 2. The van der Waals surface area contributed by atoms with Crippen LogP contribution in [-0.2, 0) is 22.7 Å². The highest BCUT2D eigenvalue weighted by Gasteiger charge is 2.25. The molecule has 1 aromatic heterocycles. The van der Waals surface area contributed by atoms with Gasteiger partial charge in [-0.25, -0.2) is 4.98 Å². The molecule has 6 rings (SSSR count). The Morgan fingerprint density at radius 2 is 1.66 bits per heavy atom. The fourth-order valence-electron chi connectivity index (χ4n) is 5.29. The summed E-state index contributed by atoms with van der Waals surface area (Å²) >= 11 is 1.25. The molecule has 2 aliphatic heterocycles. The van der Waals surface area contributed by atoms with E-state index >= 15 is 0 Å². The summed E-state index contributed by atoms with van der Waals surface area (Å²) in [6, 6.07) is 16.2. The number of hydrogen-bond donors (Lipinski definition) is 2. The minimum Gasteiger partial charge on any atom is -0.497 e. The molecule has 0 saturated heterocycles. The van der Waals surface area contributed by atoms with Crippen LogP contribution in [0.4, 0.5) is 5.69 Å². The van der Waals surface area contributed by atoms with E-state index in [2.05, 4.69) is 10.6 Å². The number of anilines is 1. The molecule has 0 aliphatic carbocycles. The van der Waals surface area contributed by atoms with Crippen LogP contribution >= 0.6 is 11.8 Å². The lowest BCUT2D eigenvalue weighted by atomic mass is 10.1. The van der Waals surface area contributed by atoms with E-state index in [1.54, 1.807) is 42.0 Å². The van der Waals surface area contributed by atoms with Gasteiger partial charge in [0.15, 0.2) is 28.2 Å². The average Bonchev–Trinajstić information content (AvgIpc) is 3.75. The van der Waals surface area contributed by atoms with Gasteiger partial charge in [0.05, 0.1) is 23.3 Å². The minimum atomic E-state index is -0.528. The van der Waals surface area contributed by atoms with Crippen LogP contribution in [0.3, 0.4) is 0 Å². The Hall–Kier alpha value is -4.91. The summed E-state index contributed by atoms with van der Waals surface area (Å²) in [5.41, 5.74) is 1.82. The third-order valence-electron chi connectivity index (χ3n) is 7.90.